The van der Waals surface area contributed by atoms with E-state index in [0.29, 0.717) is 17.1 Å². The van der Waals surface area contributed by atoms with Crippen molar-refractivity contribution in [2.75, 3.05) is 0 Å². The predicted octanol–water partition coefficient (Wildman–Crippen LogP) is 2.38. The molecule has 0 saturated heterocycles. The second-order valence-electron chi connectivity index (χ2n) is 4.43. The van der Waals surface area contributed by atoms with Gasteiger partial charge in [0.05, 0.1) is 0 Å². The lowest BCUT2D eigenvalue weighted by Gasteiger charge is -2.03. The molecule has 102 valence electrons. The normalized spacial score (nSPS) is 11.4. The van der Waals surface area contributed by atoms with E-state index in [-0.39, 0.29) is 5.57 Å². The van der Waals surface area contributed by atoms with Crippen LogP contribution in [0.2, 0.25) is 0 Å². The number of aryl methyl sites for hydroxylation is 2. The summed E-state index contributed by atoms with van der Waals surface area (Å²) < 4.78 is 6.89. The van der Waals surface area contributed by atoms with Crippen molar-refractivity contribution in [3.8, 4) is 11.9 Å². The summed E-state index contributed by atoms with van der Waals surface area (Å²) in [7, 11) is 0. The SMILES string of the molecule is Cc1cc(-n2c(C)cc(/C=C(\C#N)C(=O)O)c2C)no1. The summed E-state index contributed by atoms with van der Waals surface area (Å²) >= 11 is 0. The van der Waals surface area contributed by atoms with Crippen molar-refractivity contribution < 1.29 is 14.4 Å². The summed E-state index contributed by atoms with van der Waals surface area (Å²) in [4.78, 5) is 10.9. The molecule has 0 saturated carbocycles. The molecule has 0 aromatic carbocycles. The number of nitriles is 1. The molecule has 20 heavy (non-hydrogen) atoms. The molecule has 0 spiro atoms. The van der Waals surface area contributed by atoms with Crippen molar-refractivity contribution in [1.29, 1.82) is 5.26 Å². The molecule has 0 aliphatic carbocycles. The van der Waals surface area contributed by atoms with Crippen LogP contribution in [0.15, 0.2) is 22.2 Å². The van der Waals surface area contributed by atoms with Gasteiger partial charge in [-0.3, -0.25) is 4.57 Å². The third-order valence-corrected chi connectivity index (χ3v) is 2.97. The van der Waals surface area contributed by atoms with Crippen molar-refractivity contribution in [3.63, 3.8) is 0 Å². The van der Waals surface area contributed by atoms with Gasteiger partial charge in [0, 0.05) is 17.5 Å². The molecule has 2 heterocycles. The van der Waals surface area contributed by atoms with E-state index >= 15 is 0 Å². The number of nitrogens with zero attached hydrogens (tertiary/aromatic N) is 3. The quantitative estimate of drug-likeness (QED) is 0.683. The fourth-order valence-electron chi connectivity index (χ4n) is 2.04. The van der Waals surface area contributed by atoms with E-state index in [9.17, 15) is 4.79 Å². The van der Waals surface area contributed by atoms with Crippen molar-refractivity contribution >= 4 is 12.0 Å². The molecule has 0 fully saturated rings. The Morgan fingerprint density at radius 1 is 1.45 bits per heavy atom. The Bertz CT molecular complexity index is 744. The molecule has 2 rings (SSSR count). The Labute approximate surface area is 115 Å². The van der Waals surface area contributed by atoms with E-state index in [1.54, 1.807) is 25.1 Å². The van der Waals surface area contributed by atoms with Gasteiger partial charge >= 0.3 is 5.97 Å². The minimum absolute atomic E-state index is 0.304. The molecule has 0 aliphatic rings. The van der Waals surface area contributed by atoms with Crippen molar-refractivity contribution in [3.05, 3.63) is 40.4 Å². The Morgan fingerprint density at radius 3 is 2.65 bits per heavy atom. The van der Waals surface area contributed by atoms with Gasteiger partial charge in [0.1, 0.15) is 17.4 Å². The molecule has 6 heteroatoms. The zero-order valence-corrected chi connectivity index (χ0v) is 11.3. The zero-order valence-electron chi connectivity index (χ0n) is 11.3. The number of aromatic nitrogens is 2. The van der Waals surface area contributed by atoms with E-state index < -0.39 is 5.97 Å². The molecule has 0 bridgehead atoms. The van der Waals surface area contributed by atoms with Gasteiger partial charge in [0.25, 0.3) is 0 Å². The third-order valence-electron chi connectivity index (χ3n) is 2.97. The smallest absolute Gasteiger partial charge is 0.346 e. The molecule has 0 amide bonds. The average molecular weight is 271 g/mol. The van der Waals surface area contributed by atoms with Gasteiger partial charge in [-0.25, -0.2) is 4.79 Å². The first-order chi connectivity index (χ1) is 9.43. The molecule has 2 aromatic heterocycles. The lowest BCUT2D eigenvalue weighted by molar-refractivity contribution is -0.132. The highest BCUT2D eigenvalue weighted by Gasteiger charge is 2.14. The lowest BCUT2D eigenvalue weighted by Crippen LogP contribution is -2.00. The second-order valence-corrected chi connectivity index (χ2v) is 4.43. The summed E-state index contributed by atoms with van der Waals surface area (Å²) in [6.45, 7) is 5.50. The van der Waals surface area contributed by atoms with Crippen molar-refractivity contribution in [2.45, 2.75) is 20.8 Å². The molecule has 1 N–H and O–H groups in total. The van der Waals surface area contributed by atoms with Gasteiger partial charge in [0.2, 0.25) is 0 Å². The van der Waals surface area contributed by atoms with Gasteiger partial charge in [-0.1, -0.05) is 5.16 Å². The molecule has 0 atom stereocenters. The molecule has 0 unspecified atom stereocenters. The summed E-state index contributed by atoms with van der Waals surface area (Å²) in [5.41, 5.74) is 2.04. The third kappa shape index (κ3) is 2.34. The van der Waals surface area contributed by atoms with Crippen LogP contribution >= 0.6 is 0 Å². The topological polar surface area (TPSA) is 92.0 Å². The summed E-state index contributed by atoms with van der Waals surface area (Å²) in [5, 5.41) is 21.7. The Balaban J connectivity index is 2.55. The number of aliphatic carboxylic acids is 1. The van der Waals surface area contributed by atoms with Crippen LogP contribution in [0.1, 0.15) is 22.7 Å². The van der Waals surface area contributed by atoms with E-state index in [4.69, 9.17) is 14.9 Å². The molecule has 2 aromatic rings. The van der Waals surface area contributed by atoms with Crippen LogP contribution in [0, 0.1) is 32.1 Å². The van der Waals surface area contributed by atoms with E-state index in [0.717, 1.165) is 11.4 Å². The first-order valence-corrected chi connectivity index (χ1v) is 5.91. The standard InChI is InChI=1S/C14H13N3O3/c1-8-4-11(6-12(7-15)14(18)19)10(3)17(8)13-5-9(2)20-16-13/h4-6H,1-3H3,(H,18,19)/b12-6+. The Kier molecular flexibility index (Phi) is 3.44. The van der Waals surface area contributed by atoms with Crippen LogP contribution < -0.4 is 0 Å². The van der Waals surface area contributed by atoms with Gasteiger partial charge in [-0.15, -0.1) is 0 Å². The number of hydrogen-bond donors (Lipinski definition) is 1. The summed E-state index contributed by atoms with van der Waals surface area (Å²) in [5.74, 6) is 0.0772. The number of hydrogen-bond acceptors (Lipinski definition) is 4. The van der Waals surface area contributed by atoms with Crippen molar-refractivity contribution in [2.24, 2.45) is 0 Å². The molecular formula is C14H13N3O3. The molecular weight excluding hydrogens is 258 g/mol. The molecule has 0 radical (unpaired) electrons. The fraction of sp³-hybridized carbons (Fsp3) is 0.214. The highest BCUT2D eigenvalue weighted by Crippen LogP contribution is 2.22. The summed E-state index contributed by atoms with van der Waals surface area (Å²) in [6, 6.07) is 5.26. The molecule has 6 nitrogen and oxygen atoms in total. The van der Waals surface area contributed by atoms with Crippen molar-refractivity contribution in [1.82, 2.24) is 9.72 Å². The largest absolute Gasteiger partial charge is 0.477 e. The highest BCUT2D eigenvalue weighted by atomic mass is 16.5. The molecule has 0 aliphatic heterocycles. The number of carboxylic acids is 1. The minimum atomic E-state index is -1.24. The predicted molar refractivity (Wildman–Crippen MR) is 71.3 cm³/mol. The maximum Gasteiger partial charge on any atom is 0.346 e. The lowest BCUT2D eigenvalue weighted by atomic mass is 10.1. The van der Waals surface area contributed by atoms with Crippen LogP contribution in [-0.2, 0) is 4.79 Å². The van der Waals surface area contributed by atoms with Crippen LogP contribution in [0.3, 0.4) is 0 Å². The number of carbonyl (C=O) groups is 1. The Morgan fingerprint density at radius 2 is 2.15 bits per heavy atom. The van der Waals surface area contributed by atoms with Crippen LogP contribution in [-0.4, -0.2) is 20.8 Å². The van der Waals surface area contributed by atoms with Crippen LogP contribution in [0.5, 0.6) is 0 Å². The minimum Gasteiger partial charge on any atom is -0.477 e. The average Bonchev–Trinajstić information content (AvgIpc) is 2.90. The number of rotatable bonds is 3. The maximum absolute atomic E-state index is 10.9. The fourth-order valence-corrected chi connectivity index (χ4v) is 2.04. The van der Waals surface area contributed by atoms with Gasteiger partial charge in [0.15, 0.2) is 5.82 Å². The summed E-state index contributed by atoms with van der Waals surface area (Å²) in [6.07, 6.45) is 1.36. The van der Waals surface area contributed by atoms with E-state index in [1.807, 2.05) is 18.4 Å². The Hall–Kier alpha value is -2.81. The first kappa shape index (κ1) is 13.6. The number of carboxylic acid groups (broad SMARTS) is 1. The van der Waals surface area contributed by atoms with Crippen LogP contribution in [0.25, 0.3) is 11.9 Å². The van der Waals surface area contributed by atoms with E-state index in [2.05, 4.69) is 5.16 Å². The zero-order chi connectivity index (χ0) is 14.9. The highest BCUT2D eigenvalue weighted by molar-refractivity contribution is 5.96. The first-order valence-electron chi connectivity index (χ1n) is 5.91. The monoisotopic (exact) mass is 271 g/mol. The maximum atomic E-state index is 10.9. The van der Waals surface area contributed by atoms with Gasteiger partial charge in [-0.05, 0) is 38.5 Å². The van der Waals surface area contributed by atoms with Crippen LogP contribution in [0.4, 0.5) is 0 Å². The van der Waals surface area contributed by atoms with Gasteiger partial charge < -0.3 is 9.63 Å². The van der Waals surface area contributed by atoms with Gasteiger partial charge in [-0.2, -0.15) is 5.26 Å². The van der Waals surface area contributed by atoms with E-state index in [1.165, 1.54) is 6.08 Å². The second kappa shape index (κ2) is 5.05.